The van der Waals surface area contributed by atoms with Crippen LogP contribution in [-0.4, -0.2) is 62.1 Å². The van der Waals surface area contributed by atoms with Crippen molar-refractivity contribution in [1.29, 1.82) is 0 Å². The van der Waals surface area contributed by atoms with Crippen LogP contribution in [0.25, 0.3) is 0 Å². The number of esters is 2. The Labute approximate surface area is 199 Å². The van der Waals surface area contributed by atoms with Crippen LogP contribution in [0.4, 0.5) is 0 Å². The third-order valence-electron chi connectivity index (χ3n) is 5.51. The second kappa shape index (κ2) is 12.8. The first kappa shape index (κ1) is 29.5. The van der Waals surface area contributed by atoms with E-state index in [0.717, 1.165) is 19.3 Å². The highest BCUT2D eigenvalue weighted by molar-refractivity contribution is 5.84. The zero-order valence-corrected chi connectivity index (χ0v) is 21.9. The summed E-state index contributed by atoms with van der Waals surface area (Å²) >= 11 is 0. The lowest BCUT2D eigenvalue weighted by molar-refractivity contribution is -0.289. The number of hydrogen-bond donors (Lipinski definition) is 0. The molecule has 33 heavy (non-hydrogen) atoms. The van der Waals surface area contributed by atoms with Crippen molar-refractivity contribution in [3.63, 3.8) is 0 Å². The maximum atomic E-state index is 12.2. The first-order valence-electron chi connectivity index (χ1n) is 11.8. The van der Waals surface area contributed by atoms with E-state index in [-0.39, 0.29) is 30.3 Å². The summed E-state index contributed by atoms with van der Waals surface area (Å²) in [5.74, 6) is -1.44. The van der Waals surface area contributed by atoms with Gasteiger partial charge in [-0.05, 0) is 18.3 Å². The van der Waals surface area contributed by atoms with Gasteiger partial charge in [-0.2, -0.15) is 0 Å². The average Bonchev–Trinajstić information content (AvgIpc) is 2.64. The molecule has 0 saturated carbocycles. The number of carbonyl (C=O) groups excluding carboxylic acids is 3. The molecule has 0 amide bonds. The second-order valence-electron chi connectivity index (χ2n) is 11.1. The Morgan fingerprint density at radius 2 is 1.45 bits per heavy atom. The van der Waals surface area contributed by atoms with Crippen LogP contribution in [0.5, 0.6) is 0 Å². The van der Waals surface area contributed by atoms with Gasteiger partial charge in [-0.1, -0.05) is 54.9 Å². The Balaban J connectivity index is 2.89. The third-order valence-corrected chi connectivity index (χ3v) is 5.51. The van der Waals surface area contributed by atoms with E-state index >= 15 is 0 Å². The molecule has 0 radical (unpaired) electrons. The van der Waals surface area contributed by atoms with E-state index in [4.69, 9.17) is 23.7 Å². The fourth-order valence-electron chi connectivity index (χ4n) is 3.51. The molecule has 8 nitrogen and oxygen atoms in total. The van der Waals surface area contributed by atoms with Crippen LogP contribution < -0.4 is 0 Å². The Hall–Kier alpha value is -1.51. The fraction of sp³-hybridized carbons (Fsp3) is 0.880. The van der Waals surface area contributed by atoms with Crippen LogP contribution in [0.15, 0.2) is 0 Å². The van der Waals surface area contributed by atoms with Gasteiger partial charge in [0.15, 0.2) is 18.2 Å². The number of rotatable bonds is 11. The molecule has 1 rings (SSSR count). The number of hydrogen-bond acceptors (Lipinski definition) is 8. The van der Waals surface area contributed by atoms with Gasteiger partial charge in [-0.25, -0.2) is 0 Å². The molecule has 1 saturated heterocycles. The summed E-state index contributed by atoms with van der Waals surface area (Å²) in [5.41, 5.74) is -0.268. The first-order chi connectivity index (χ1) is 15.1. The lowest BCUT2D eigenvalue weighted by Gasteiger charge is -2.44. The van der Waals surface area contributed by atoms with Crippen molar-refractivity contribution in [2.24, 2.45) is 16.7 Å². The van der Waals surface area contributed by atoms with E-state index < -0.39 is 42.0 Å². The summed E-state index contributed by atoms with van der Waals surface area (Å²) in [6.45, 7) is 16.9. The molecular formula is C25H44O8. The SMILES string of the molecule is CC(=O)OC1C(COCC(=O)C(C)(C)C)O[C@@H](OCCCCC(C)(C)C)C(C)[C@H]1OC(C)=O. The van der Waals surface area contributed by atoms with E-state index in [9.17, 15) is 14.4 Å². The number of ether oxygens (including phenoxy) is 5. The van der Waals surface area contributed by atoms with E-state index in [1.807, 2.05) is 27.7 Å². The highest BCUT2D eigenvalue weighted by atomic mass is 16.7. The van der Waals surface area contributed by atoms with Crippen molar-refractivity contribution in [2.45, 2.75) is 106 Å². The van der Waals surface area contributed by atoms with Crippen molar-refractivity contribution in [2.75, 3.05) is 19.8 Å². The van der Waals surface area contributed by atoms with E-state index in [1.54, 1.807) is 0 Å². The topological polar surface area (TPSA) is 97.4 Å². The van der Waals surface area contributed by atoms with Gasteiger partial charge in [-0.15, -0.1) is 0 Å². The van der Waals surface area contributed by atoms with Gasteiger partial charge < -0.3 is 23.7 Å². The van der Waals surface area contributed by atoms with E-state index in [1.165, 1.54) is 13.8 Å². The average molecular weight is 473 g/mol. The summed E-state index contributed by atoms with van der Waals surface area (Å²) in [5, 5.41) is 0. The molecule has 0 aliphatic carbocycles. The third kappa shape index (κ3) is 11.0. The Bertz CT molecular complexity index is 646. The minimum Gasteiger partial charge on any atom is -0.458 e. The van der Waals surface area contributed by atoms with Crippen LogP contribution in [0, 0.1) is 16.7 Å². The minimum absolute atomic E-state index is 0.00582. The summed E-state index contributed by atoms with van der Waals surface area (Å²) in [6.07, 6.45) is -0.0602. The van der Waals surface area contributed by atoms with Crippen molar-refractivity contribution < 1.29 is 38.1 Å². The summed E-state index contributed by atoms with van der Waals surface area (Å²) in [6, 6.07) is 0. The molecule has 0 bridgehead atoms. The van der Waals surface area contributed by atoms with Gasteiger partial charge >= 0.3 is 11.9 Å². The lowest BCUT2D eigenvalue weighted by atomic mass is 9.90. The Morgan fingerprint density at radius 1 is 0.879 bits per heavy atom. The quantitative estimate of drug-likeness (QED) is 0.328. The standard InChI is InChI=1S/C25H44O8/c1-16-21(31-17(2)26)22(32-18(3)27)19(14-29-15-20(28)25(7,8)9)33-23(16)30-13-11-10-12-24(4,5)6/h16,19,21-23H,10-15H2,1-9H3/t16?,19?,21-,22?,23-/m1/s1. The molecule has 1 fully saturated rings. The molecule has 1 heterocycles. The lowest BCUT2D eigenvalue weighted by Crippen LogP contribution is -2.58. The fourth-order valence-corrected chi connectivity index (χ4v) is 3.51. The van der Waals surface area contributed by atoms with Crippen LogP contribution in [0.3, 0.4) is 0 Å². The maximum Gasteiger partial charge on any atom is 0.303 e. The predicted octanol–water partition coefficient (Wildman–Crippen LogP) is 4.08. The summed E-state index contributed by atoms with van der Waals surface area (Å²) in [7, 11) is 0. The molecule has 5 atom stereocenters. The second-order valence-corrected chi connectivity index (χ2v) is 11.1. The van der Waals surface area contributed by atoms with E-state index in [2.05, 4.69) is 20.8 Å². The molecule has 192 valence electrons. The van der Waals surface area contributed by atoms with Crippen molar-refractivity contribution in [1.82, 2.24) is 0 Å². The minimum atomic E-state index is -0.869. The molecule has 0 aromatic carbocycles. The number of carbonyl (C=O) groups is 3. The van der Waals surface area contributed by atoms with Crippen LogP contribution in [-0.2, 0) is 38.1 Å². The Kier molecular flexibility index (Phi) is 11.5. The van der Waals surface area contributed by atoms with Gasteiger partial charge in [0.1, 0.15) is 18.8 Å². The number of ketones is 1. The van der Waals surface area contributed by atoms with Crippen LogP contribution in [0.2, 0.25) is 0 Å². The molecule has 0 N–H and O–H groups in total. The largest absolute Gasteiger partial charge is 0.458 e. The highest BCUT2D eigenvalue weighted by Gasteiger charge is 2.48. The molecule has 8 heteroatoms. The number of unbranched alkanes of at least 4 members (excludes halogenated alkanes) is 1. The predicted molar refractivity (Wildman–Crippen MR) is 123 cm³/mol. The zero-order valence-electron chi connectivity index (χ0n) is 21.9. The summed E-state index contributed by atoms with van der Waals surface area (Å²) in [4.78, 5) is 35.8. The van der Waals surface area contributed by atoms with Gasteiger partial charge in [0, 0.05) is 31.8 Å². The molecule has 0 aromatic heterocycles. The van der Waals surface area contributed by atoms with Gasteiger partial charge in [-0.3, -0.25) is 14.4 Å². The molecule has 1 aliphatic rings. The zero-order chi connectivity index (χ0) is 25.4. The van der Waals surface area contributed by atoms with Gasteiger partial charge in [0.25, 0.3) is 0 Å². The molecular weight excluding hydrogens is 428 g/mol. The summed E-state index contributed by atoms with van der Waals surface area (Å²) < 4.78 is 28.8. The van der Waals surface area contributed by atoms with Crippen molar-refractivity contribution in [3.05, 3.63) is 0 Å². The molecule has 0 aromatic rings. The maximum absolute atomic E-state index is 12.2. The smallest absolute Gasteiger partial charge is 0.303 e. The van der Waals surface area contributed by atoms with Crippen molar-refractivity contribution in [3.8, 4) is 0 Å². The molecule has 1 aliphatic heterocycles. The Morgan fingerprint density at radius 3 is 1.97 bits per heavy atom. The molecule has 0 spiro atoms. The number of Topliss-reactive ketones (excluding diaryl/α,β-unsaturated/α-hetero) is 1. The van der Waals surface area contributed by atoms with Crippen molar-refractivity contribution >= 4 is 17.7 Å². The van der Waals surface area contributed by atoms with Gasteiger partial charge in [0.2, 0.25) is 0 Å². The van der Waals surface area contributed by atoms with Crippen LogP contribution >= 0.6 is 0 Å². The molecule has 3 unspecified atom stereocenters. The monoisotopic (exact) mass is 472 g/mol. The van der Waals surface area contributed by atoms with Crippen LogP contribution in [0.1, 0.15) is 81.6 Å². The highest BCUT2D eigenvalue weighted by Crippen LogP contribution is 2.32. The van der Waals surface area contributed by atoms with E-state index in [0.29, 0.717) is 6.61 Å². The normalized spacial score (nSPS) is 26.0. The van der Waals surface area contributed by atoms with Gasteiger partial charge in [0.05, 0.1) is 6.61 Å². The first-order valence-corrected chi connectivity index (χ1v) is 11.8.